The zero-order valence-electron chi connectivity index (χ0n) is 12.1. The molecule has 20 heavy (non-hydrogen) atoms. The molecule has 1 atom stereocenters. The number of carbonyl (C=O) groups is 1. The van der Waals surface area contributed by atoms with Gasteiger partial charge < -0.3 is 4.74 Å². The van der Waals surface area contributed by atoms with E-state index in [0.29, 0.717) is 11.3 Å². The van der Waals surface area contributed by atoms with E-state index in [4.69, 9.17) is 10.00 Å². The molecule has 106 valence electrons. The number of likely N-dealkylation sites (tertiary alicyclic amines) is 1. The number of rotatable bonds is 4. The lowest BCUT2D eigenvalue weighted by atomic mass is 9.94. The summed E-state index contributed by atoms with van der Waals surface area (Å²) in [7, 11) is 1.57. The molecule has 1 heterocycles. The Labute approximate surface area is 120 Å². The maximum atomic E-state index is 11.5. The maximum absolute atomic E-state index is 11.5. The van der Waals surface area contributed by atoms with E-state index in [1.54, 1.807) is 14.0 Å². The molecular formula is C16H20N2O2. The van der Waals surface area contributed by atoms with Gasteiger partial charge in [0.1, 0.15) is 17.6 Å². The first kappa shape index (κ1) is 14.5. The number of nitrogens with zero attached hydrogens (tertiary/aromatic N) is 2. The Morgan fingerprint density at radius 3 is 3.00 bits per heavy atom. The Bertz CT molecular complexity index is 534. The minimum Gasteiger partial charge on any atom is -0.495 e. The summed E-state index contributed by atoms with van der Waals surface area (Å²) in [6.07, 6.45) is 2.06. The van der Waals surface area contributed by atoms with Crippen molar-refractivity contribution in [1.82, 2.24) is 4.90 Å². The van der Waals surface area contributed by atoms with Gasteiger partial charge in [0, 0.05) is 19.0 Å². The average molecular weight is 272 g/mol. The lowest BCUT2D eigenvalue weighted by Gasteiger charge is -2.31. The predicted molar refractivity (Wildman–Crippen MR) is 76.4 cm³/mol. The second-order valence-electron chi connectivity index (χ2n) is 5.33. The van der Waals surface area contributed by atoms with Gasteiger partial charge in [-0.2, -0.15) is 5.26 Å². The normalized spacial score (nSPS) is 19.4. The first-order valence-electron chi connectivity index (χ1n) is 6.94. The largest absolute Gasteiger partial charge is 0.495 e. The Balaban J connectivity index is 2.06. The number of piperidine rings is 1. The summed E-state index contributed by atoms with van der Waals surface area (Å²) in [5, 5.41) is 9.11. The fraction of sp³-hybridized carbons (Fsp3) is 0.500. The molecule has 0 radical (unpaired) electrons. The molecule has 0 aliphatic carbocycles. The SMILES string of the molecule is COc1ccc(CN2CCCC(C(C)=O)C2)cc1C#N. The van der Waals surface area contributed by atoms with Crippen LogP contribution in [0.25, 0.3) is 0 Å². The summed E-state index contributed by atoms with van der Waals surface area (Å²) in [6.45, 7) is 4.29. The number of hydrogen-bond donors (Lipinski definition) is 0. The first-order chi connectivity index (χ1) is 9.63. The van der Waals surface area contributed by atoms with Crippen molar-refractivity contribution in [3.8, 4) is 11.8 Å². The predicted octanol–water partition coefficient (Wildman–Crippen LogP) is 2.37. The van der Waals surface area contributed by atoms with Crippen LogP contribution in [0.3, 0.4) is 0 Å². The van der Waals surface area contributed by atoms with Crippen LogP contribution in [0.1, 0.15) is 30.9 Å². The van der Waals surface area contributed by atoms with Gasteiger partial charge in [-0.3, -0.25) is 9.69 Å². The molecule has 1 aromatic rings. The summed E-state index contributed by atoms with van der Waals surface area (Å²) in [4.78, 5) is 13.8. The third-order valence-corrected chi connectivity index (χ3v) is 3.87. The highest BCUT2D eigenvalue weighted by atomic mass is 16.5. The van der Waals surface area contributed by atoms with Gasteiger partial charge in [0.2, 0.25) is 0 Å². The fourth-order valence-corrected chi connectivity index (χ4v) is 2.73. The topological polar surface area (TPSA) is 53.3 Å². The van der Waals surface area contributed by atoms with Gasteiger partial charge in [0.15, 0.2) is 0 Å². The zero-order valence-corrected chi connectivity index (χ0v) is 12.1. The molecule has 4 heteroatoms. The molecule has 1 aliphatic rings. The molecular weight excluding hydrogens is 252 g/mol. The third-order valence-electron chi connectivity index (χ3n) is 3.87. The van der Waals surface area contributed by atoms with Crippen molar-refractivity contribution in [2.75, 3.05) is 20.2 Å². The molecule has 0 amide bonds. The van der Waals surface area contributed by atoms with E-state index in [1.807, 2.05) is 18.2 Å². The van der Waals surface area contributed by atoms with Crippen LogP contribution in [0.5, 0.6) is 5.75 Å². The smallest absolute Gasteiger partial charge is 0.136 e. The standard InChI is InChI=1S/C16H20N2O2/c1-12(19)14-4-3-7-18(11-14)10-13-5-6-16(20-2)15(8-13)9-17/h5-6,8,14H,3-4,7,10-11H2,1-2H3. The molecule has 2 rings (SSSR count). The van der Waals surface area contributed by atoms with Gasteiger partial charge in [0.05, 0.1) is 12.7 Å². The fourth-order valence-electron chi connectivity index (χ4n) is 2.73. The minimum atomic E-state index is 0.164. The van der Waals surface area contributed by atoms with Gasteiger partial charge in [-0.05, 0) is 44.0 Å². The van der Waals surface area contributed by atoms with Crippen molar-refractivity contribution in [3.05, 3.63) is 29.3 Å². The summed E-state index contributed by atoms with van der Waals surface area (Å²) in [5.41, 5.74) is 1.65. The van der Waals surface area contributed by atoms with Crippen LogP contribution in [-0.4, -0.2) is 30.9 Å². The second kappa shape index (κ2) is 6.53. The van der Waals surface area contributed by atoms with Crippen molar-refractivity contribution in [1.29, 1.82) is 5.26 Å². The van der Waals surface area contributed by atoms with Crippen molar-refractivity contribution in [2.45, 2.75) is 26.3 Å². The lowest BCUT2D eigenvalue weighted by molar-refractivity contribution is -0.122. The van der Waals surface area contributed by atoms with Gasteiger partial charge in [-0.1, -0.05) is 6.07 Å². The number of methoxy groups -OCH3 is 1. The Kier molecular flexibility index (Phi) is 4.75. The molecule has 0 spiro atoms. The number of ether oxygens (including phenoxy) is 1. The summed E-state index contributed by atoms with van der Waals surface area (Å²) >= 11 is 0. The molecule has 0 aromatic heterocycles. The van der Waals surface area contributed by atoms with E-state index in [1.165, 1.54) is 0 Å². The Morgan fingerprint density at radius 1 is 1.55 bits per heavy atom. The second-order valence-corrected chi connectivity index (χ2v) is 5.33. The number of benzene rings is 1. The molecule has 1 unspecified atom stereocenters. The molecule has 1 aromatic carbocycles. The highest BCUT2D eigenvalue weighted by molar-refractivity contribution is 5.78. The van der Waals surface area contributed by atoms with E-state index in [-0.39, 0.29) is 11.7 Å². The molecule has 1 fully saturated rings. The van der Waals surface area contributed by atoms with Crippen molar-refractivity contribution in [3.63, 3.8) is 0 Å². The van der Waals surface area contributed by atoms with E-state index in [2.05, 4.69) is 11.0 Å². The van der Waals surface area contributed by atoms with Crippen LogP contribution in [0.2, 0.25) is 0 Å². The minimum absolute atomic E-state index is 0.164. The summed E-state index contributed by atoms with van der Waals surface area (Å²) in [5.74, 6) is 1.05. The van der Waals surface area contributed by atoms with E-state index in [0.717, 1.165) is 38.0 Å². The zero-order chi connectivity index (χ0) is 14.5. The summed E-state index contributed by atoms with van der Waals surface area (Å²) < 4.78 is 5.15. The van der Waals surface area contributed by atoms with Crippen molar-refractivity contribution >= 4 is 5.78 Å². The Hall–Kier alpha value is -1.86. The van der Waals surface area contributed by atoms with E-state index >= 15 is 0 Å². The third kappa shape index (κ3) is 3.37. The number of hydrogen-bond acceptors (Lipinski definition) is 4. The van der Waals surface area contributed by atoms with E-state index < -0.39 is 0 Å². The number of ketones is 1. The van der Waals surface area contributed by atoms with Crippen LogP contribution >= 0.6 is 0 Å². The van der Waals surface area contributed by atoms with Gasteiger partial charge in [0.25, 0.3) is 0 Å². The monoisotopic (exact) mass is 272 g/mol. The number of Topliss-reactive ketones (excluding diaryl/α,β-unsaturated/α-hetero) is 1. The summed E-state index contributed by atoms with van der Waals surface area (Å²) in [6, 6.07) is 7.84. The van der Waals surface area contributed by atoms with Crippen LogP contribution in [0.15, 0.2) is 18.2 Å². The van der Waals surface area contributed by atoms with Crippen molar-refractivity contribution < 1.29 is 9.53 Å². The van der Waals surface area contributed by atoms with Crippen molar-refractivity contribution in [2.24, 2.45) is 5.92 Å². The van der Waals surface area contributed by atoms with Crippen LogP contribution in [0.4, 0.5) is 0 Å². The van der Waals surface area contributed by atoms with Crippen LogP contribution in [-0.2, 0) is 11.3 Å². The van der Waals surface area contributed by atoms with Gasteiger partial charge in [-0.15, -0.1) is 0 Å². The maximum Gasteiger partial charge on any atom is 0.136 e. The molecule has 0 saturated carbocycles. The number of carbonyl (C=O) groups excluding carboxylic acids is 1. The highest BCUT2D eigenvalue weighted by Crippen LogP contribution is 2.22. The van der Waals surface area contributed by atoms with E-state index in [9.17, 15) is 4.79 Å². The molecule has 4 nitrogen and oxygen atoms in total. The quantitative estimate of drug-likeness (QED) is 0.844. The molecule has 0 bridgehead atoms. The lowest BCUT2D eigenvalue weighted by Crippen LogP contribution is -2.37. The van der Waals surface area contributed by atoms with Gasteiger partial charge in [-0.25, -0.2) is 0 Å². The molecule has 1 saturated heterocycles. The first-order valence-corrected chi connectivity index (χ1v) is 6.94. The molecule has 0 N–H and O–H groups in total. The molecule has 1 aliphatic heterocycles. The average Bonchev–Trinajstić information content (AvgIpc) is 2.47. The van der Waals surface area contributed by atoms with Gasteiger partial charge >= 0.3 is 0 Å². The van der Waals surface area contributed by atoms with Crippen LogP contribution < -0.4 is 4.74 Å². The number of nitriles is 1. The Morgan fingerprint density at radius 2 is 2.35 bits per heavy atom. The highest BCUT2D eigenvalue weighted by Gasteiger charge is 2.23. The van der Waals surface area contributed by atoms with Crippen LogP contribution in [0, 0.1) is 17.2 Å².